The van der Waals surface area contributed by atoms with Crippen LogP contribution in [0.5, 0.6) is 0 Å². The number of hydrogen-bond donors (Lipinski definition) is 1. The van der Waals surface area contributed by atoms with Crippen molar-refractivity contribution in [3.8, 4) is 0 Å². The first-order valence-electron chi connectivity index (χ1n) is 5.67. The molecule has 15 heavy (non-hydrogen) atoms. The molecule has 0 saturated carbocycles. The maximum absolute atomic E-state index is 11.4. The zero-order valence-corrected chi connectivity index (χ0v) is 11.7. The second kappa shape index (κ2) is 8.04. The van der Waals surface area contributed by atoms with Gasteiger partial charge in [-0.2, -0.15) is 0 Å². The summed E-state index contributed by atoms with van der Waals surface area (Å²) in [6.07, 6.45) is 6.56. The standard InChI is InChI=1S/C11H23AsO3/c1-12(2,15)10-8-6-4-3-5-7-9-11(13)14/h3-10H2,1-2H3,(H,13,14). The number of aliphatic carboxylic acids is 1. The molecule has 0 radical (unpaired) electrons. The van der Waals surface area contributed by atoms with Crippen LogP contribution in [0.4, 0.5) is 0 Å². The van der Waals surface area contributed by atoms with Crippen molar-refractivity contribution >= 4 is 19.5 Å². The Balaban J connectivity index is 3.12. The van der Waals surface area contributed by atoms with Gasteiger partial charge in [-0.15, -0.1) is 0 Å². The summed E-state index contributed by atoms with van der Waals surface area (Å²) in [7, 11) is 0. The molecule has 0 spiro atoms. The van der Waals surface area contributed by atoms with Crippen LogP contribution < -0.4 is 0 Å². The van der Waals surface area contributed by atoms with Gasteiger partial charge in [0.2, 0.25) is 0 Å². The first-order valence-corrected chi connectivity index (χ1v) is 11.5. The van der Waals surface area contributed by atoms with Gasteiger partial charge in [0, 0.05) is 0 Å². The Morgan fingerprint density at radius 2 is 1.47 bits per heavy atom. The summed E-state index contributed by atoms with van der Waals surface area (Å²) in [6.45, 7) is 0. The molecule has 0 unspecified atom stereocenters. The molecule has 0 heterocycles. The van der Waals surface area contributed by atoms with Crippen LogP contribution in [0, 0.1) is 0 Å². The van der Waals surface area contributed by atoms with Crippen LogP contribution >= 0.6 is 0 Å². The van der Waals surface area contributed by atoms with Crippen molar-refractivity contribution in [3.63, 3.8) is 0 Å². The molecule has 1 N–H and O–H groups in total. The fraction of sp³-hybridized carbons (Fsp3) is 0.909. The van der Waals surface area contributed by atoms with Crippen LogP contribution in [0.3, 0.4) is 0 Å². The van der Waals surface area contributed by atoms with Crippen molar-refractivity contribution in [3.05, 3.63) is 0 Å². The molecular weight excluding hydrogens is 255 g/mol. The Morgan fingerprint density at radius 1 is 1.00 bits per heavy atom. The summed E-state index contributed by atoms with van der Waals surface area (Å²) in [6, 6.07) is 0. The monoisotopic (exact) mass is 278 g/mol. The molecule has 4 heteroatoms. The van der Waals surface area contributed by atoms with E-state index < -0.39 is 19.5 Å². The average molecular weight is 278 g/mol. The van der Waals surface area contributed by atoms with E-state index >= 15 is 0 Å². The summed E-state index contributed by atoms with van der Waals surface area (Å²) in [5, 5.41) is 9.32. The molecular formula is C11H23AsO3. The van der Waals surface area contributed by atoms with Gasteiger partial charge in [0.25, 0.3) is 0 Å². The minimum atomic E-state index is -2.38. The van der Waals surface area contributed by atoms with Crippen molar-refractivity contribution in [2.24, 2.45) is 0 Å². The van der Waals surface area contributed by atoms with Gasteiger partial charge in [-0.1, -0.05) is 0 Å². The molecule has 0 aliphatic heterocycles. The summed E-state index contributed by atoms with van der Waals surface area (Å²) < 4.78 is 11.4. The van der Waals surface area contributed by atoms with Crippen molar-refractivity contribution in [2.45, 2.75) is 61.6 Å². The second-order valence-corrected chi connectivity index (χ2v) is 12.1. The van der Waals surface area contributed by atoms with E-state index in [0.29, 0.717) is 6.42 Å². The van der Waals surface area contributed by atoms with E-state index in [1.54, 1.807) is 0 Å². The summed E-state index contributed by atoms with van der Waals surface area (Å²) in [5.74, 6) is -0.699. The molecule has 0 atom stereocenters. The van der Waals surface area contributed by atoms with E-state index in [0.717, 1.165) is 43.7 Å². The van der Waals surface area contributed by atoms with Crippen molar-refractivity contribution in [1.82, 2.24) is 0 Å². The van der Waals surface area contributed by atoms with E-state index in [1.807, 2.05) is 11.4 Å². The van der Waals surface area contributed by atoms with Gasteiger partial charge in [-0.25, -0.2) is 0 Å². The molecule has 0 aromatic heterocycles. The predicted octanol–water partition coefficient (Wildman–Crippen LogP) is 3.44. The van der Waals surface area contributed by atoms with Crippen LogP contribution in [0.1, 0.15) is 44.9 Å². The SMILES string of the molecule is C[As](C)(=O)CCCCCCCCC(=O)O. The van der Waals surface area contributed by atoms with Gasteiger partial charge in [0.15, 0.2) is 0 Å². The summed E-state index contributed by atoms with van der Waals surface area (Å²) in [4.78, 5) is 10.2. The third kappa shape index (κ3) is 13.8. The molecule has 0 aliphatic rings. The molecule has 0 saturated heterocycles. The average Bonchev–Trinajstić information content (AvgIpc) is 2.07. The van der Waals surface area contributed by atoms with Gasteiger partial charge < -0.3 is 0 Å². The summed E-state index contributed by atoms with van der Waals surface area (Å²) in [5.41, 5.74) is 3.79. The van der Waals surface area contributed by atoms with Gasteiger partial charge in [0.05, 0.1) is 0 Å². The van der Waals surface area contributed by atoms with E-state index in [1.165, 1.54) is 0 Å². The Morgan fingerprint density at radius 3 is 1.93 bits per heavy atom. The van der Waals surface area contributed by atoms with Crippen molar-refractivity contribution < 1.29 is 13.6 Å². The van der Waals surface area contributed by atoms with Gasteiger partial charge in [-0.3, -0.25) is 0 Å². The number of carboxylic acid groups (broad SMARTS) is 1. The fourth-order valence-corrected chi connectivity index (χ4v) is 3.54. The normalized spacial score (nSPS) is 11.6. The fourth-order valence-electron chi connectivity index (χ4n) is 1.48. The van der Waals surface area contributed by atoms with Crippen molar-refractivity contribution in [1.29, 1.82) is 0 Å². The minimum absolute atomic E-state index is 0.294. The molecule has 0 fully saturated rings. The maximum atomic E-state index is 11.4. The molecule has 0 amide bonds. The van der Waals surface area contributed by atoms with E-state index in [2.05, 4.69) is 0 Å². The van der Waals surface area contributed by atoms with Crippen LogP contribution in [0.2, 0.25) is 16.6 Å². The van der Waals surface area contributed by atoms with E-state index in [-0.39, 0.29) is 0 Å². The van der Waals surface area contributed by atoms with Crippen LogP contribution in [0.15, 0.2) is 0 Å². The first kappa shape index (κ1) is 14.8. The molecule has 0 bridgehead atoms. The van der Waals surface area contributed by atoms with E-state index in [9.17, 15) is 8.53 Å². The van der Waals surface area contributed by atoms with Crippen LogP contribution in [-0.4, -0.2) is 24.6 Å². The van der Waals surface area contributed by atoms with Gasteiger partial charge in [-0.05, 0) is 0 Å². The predicted molar refractivity (Wildman–Crippen MR) is 62.9 cm³/mol. The zero-order chi connectivity index (χ0) is 11.7. The number of carbonyl (C=O) groups is 1. The van der Waals surface area contributed by atoms with Gasteiger partial charge >= 0.3 is 94.7 Å². The van der Waals surface area contributed by atoms with Gasteiger partial charge in [0.1, 0.15) is 0 Å². The van der Waals surface area contributed by atoms with E-state index in [4.69, 9.17) is 5.11 Å². The molecule has 3 nitrogen and oxygen atoms in total. The zero-order valence-electron chi connectivity index (χ0n) is 9.87. The Labute approximate surface area is 94.9 Å². The number of hydrogen-bond acceptors (Lipinski definition) is 2. The number of rotatable bonds is 9. The Bertz CT molecular complexity index is 220. The Hall–Kier alpha value is -0.172. The number of carboxylic acids is 1. The molecule has 90 valence electrons. The topological polar surface area (TPSA) is 54.4 Å². The van der Waals surface area contributed by atoms with Crippen LogP contribution in [-0.2, 0) is 8.53 Å². The third-order valence-corrected chi connectivity index (χ3v) is 5.26. The molecule has 0 aliphatic carbocycles. The second-order valence-electron chi connectivity index (χ2n) is 4.56. The molecule has 0 aromatic carbocycles. The molecule has 0 aromatic rings. The number of unbranched alkanes of at least 4 members (excludes halogenated alkanes) is 5. The third-order valence-electron chi connectivity index (χ3n) is 2.34. The molecule has 0 rings (SSSR count). The van der Waals surface area contributed by atoms with Crippen molar-refractivity contribution in [2.75, 3.05) is 0 Å². The summed E-state index contributed by atoms with van der Waals surface area (Å²) >= 11 is -2.38. The first-order chi connectivity index (χ1) is 6.92. The Kier molecular flexibility index (Phi) is 7.94. The quantitative estimate of drug-likeness (QED) is 0.519. The van der Waals surface area contributed by atoms with Crippen LogP contribution in [0.25, 0.3) is 0 Å².